The van der Waals surface area contributed by atoms with E-state index in [1.54, 1.807) is 41.5 Å². The molecule has 14 nitrogen and oxygen atoms in total. The number of nitrogens with two attached hydrogens (primary N) is 1. The Morgan fingerprint density at radius 1 is 0.639 bits per heavy atom. The number of ether oxygens (including phenoxy) is 4. The Balaban J connectivity index is 2.19. The number of carbonyl (C=O) groups excluding carboxylic acids is 3. The lowest BCUT2D eigenvalue weighted by Crippen LogP contribution is -2.57. The highest BCUT2D eigenvalue weighted by atomic mass is 32.2. The summed E-state index contributed by atoms with van der Waals surface area (Å²) in [6, 6.07) is -2.37. The molecule has 2 rings (SSSR count). The van der Waals surface area contributed by atoms with Crippen molar-refractivity contribution >= 4 is 34.0 Å². The number of nitrogens with one attached hydrogen (secondary N) is 3. The van der Waals surface area contributed by atoms with E-state index < -0.39 is 63.0 Å². The standard InChI is InChI=1S/C68H121N5O9S/c1-15-17-19-21-23-25-27-29-31-33-35-37-39-41-43-45-48-56(47-44-42-40-38-36-34-32-30-28-26-24-22-20-18-16-2)79-63(75)59(55(6)80-66(7,8)9)72-62(74)58(71-65(76)82-67(10,11)12)49-46-50-70-64(69)73-83(77,78)61-53(4)52(3)60-57(54(61)5)51-68(13,14)81-60/h29-32,55-56,58-59H,15-28,33-51H2,1-14H3,(H,71,76)(H,72,74)(H3,69,70,73)/b31-29-,32-30-/t55?,56?,58-,59-/m0/s1. The number of rotatable bonds is 44. The second-order valence-corrected chi connectivity index (χ2v) is 28.0. The monoisotopic (exact) mass is 1180 g/mol. The predicted octanol–water partition coefficient (Wildman–Crippen LogP) is 16.7. The van der Waals surface area contributed by atoms with E-state index in [0.29, 0.717) is 17.5 Å². The summed E-state index contributed by atoms with van der Waals surface area (Å²) in [4.78, 5) is 46.7. The molecule has 0 saturated carbocycles. The number of allylic oxidation sites excluding steroid dienone is 4. The zero-order valence-corrected chi connectivity index (χ0v) is 55.9. The minimum absolute atomic E-state index is 0.0150. The lowest BCUT2D eigenvalue weighted by atomic mass is 9.94. The van der Waals surface area contributed by atoms with Gasteiger partial charge in [0.15, 0.2) is 6.04 Å². The fourth-order valence-corrected chi connectivity index (χ4v) is 12.4. The molecule has 1 aliphatic heterocycles. The van der Waals surface area contributed by atoms with Crippen LogP contribution in [-0.2, 0) is 40.2 Å². The molecule has 0 bridgehead atoms. The van der Waals surface area contributed by atoms with E-state index in [1.807, 2.05) is 41.5 Å². The Labute approximate surface area is 506 Å². The van der Waals surface area contributed by atoms with E-state index in [1.165, 1.54) is 116 Å². The second kappa shape index (κ2) is 40.3. The van der Waals surface area contributed by atoms with Crippen LogP contribution in [0.2, 0.25) is 0 Å². The largest absolute Gasteiger partial charge is 0.487 e. The number of alkyl carbamates (subject to hydrolysis) is 1. The first-order valence-corrected chi connectivity index (χ1v) is 34.3. The first-order valence-electron chi connectivity index (χ1n) is 32.8. The van der Waals surface area contributed by atoms with Crippen molar-refractivity contribution < 1.29 is 41.7 Å². The lowest BCUT2D eigenvalue weighted by molar-refractivity contribution is -0.162. The van der Waals surface area contributed by atoms with E-state index in [-0.39, 0.29) is 36.3 Å². The van der Waals surface area contributed by atoms with E-state index in [0.717, 1.165) is 87.5 Å². The number of hydrogen-bond acceptors (Lipinski definition) is 10. The van der Waals surface area contributed by atoms with Crippen LogP contribution in [-0.4, -0.2) is 80.0 Å². The van der Waals surface area contributed by atoms with Crippen LogP contribution in [0.4, 0.5) is 4.79 Å². The number of nitrogens with zero attached hydrogens (tertiary/aromatic N) is 1. The number of aliphatic imine (C=N–C) groups is 1. The topological polar surface area (TPSA) is 197 Å². The Bertz CT molecular complexity index is 2230. The van der Waals surface area contributed by atoms with E-state index in [9.17, 15) is 22.8 Å². The molecule has 4 atom stereocenters. The molecular formula is C68H121N5O9S. The van der Waals surface area contributed by atoms with Gasteiger partial charge in [-0.2, -0.15) is 0 Å². The molecule has 1 aliphatic rings. The lowest BCUT2D eigenvalue weighted by Gasteiger charge is -2.32. The molecule has 0 fully saturated rings. The van der Waals surface area contributed by atoms with Crippen molar-refractivity contribution in [3.05, 3.63) is 46.6 Å². The van der Waals surface area contributed by atoms with E-state index in [4.69, 9.17) is 24.7 Å². The minimum atomic E-state index is -4.15. The summed E-state index contributed by atoms with van der Waals surface area (Å²) in [5.74, 6) is -0.814. The van der Waals surface area contributed by atoms with Gasteiger partial charge in [-0.15, -0.1) is 0 Å². The van der Waals surface area contributed by atoms with Gasteiger partial charge in [0, 0.05) is 18.5 Å². The van der Waals surface area contributed by atoms with Crippen LogP contribution >= 0.6 is 0 Å². The summed E-state index contributed by atoms with van der Waals surface area (Å²) in [7, 11) is -4.15. The molecular weight excluding hydrogens is 1060 g/mol. The van der Waals surface area contributed by atoms with Gasteiger partial charge in [0.2, 0.25) is 11.9 Å². The number of benzene rings is 1. The van der Waals surface area contributed by atoms with Crippen molar-refractivity contribution in [2.45, 2.75) is 348 Å². The number of esters is 1. The Kier molecular flexibility index (Phi) is 36.4. The van der Waals surface area contributed by atoms with Crippen LogP contribution < -0.4 is 25.8 Å². The van der Waals surface area contributed by atoms with Crippen molar-refractivity contribution in [2.75, 3.05) is 6.54 Å². The number of hydrogen-bond donors (Lipinski definition) is 4. The molecule has 0 aliphatic carbocycles. The average molecular weight is 1180 g/mol. The Hall–Kier alpha value is -4.11. The van der Waals surface area contributed by atoms with Gasteiger partial charge in [-0.05, 0) is 190 Å². The maximum absolute atomic E-state index is 14.5. The highest BCUT2D eigenvalue weighted by Crippen LogP contribution is 2.43. The molecule has 83 heavy (non-hydrogen) atoms. The molecule has 0 saturated heterocycles. The highest BCUT2D eigenvalue weighted by Gasteiger charge is 2.38. The van der Waals surface area contributed by atoms with Crippen LogP contribution in [0.1, 0.15) is 297 Å². The van der Waals surface area contributed by atoms with Crippen molar-refractivity contribution in [3.63, 3.8) is 0 Å². The van der Waals surface area contributed by atoms with Gasteiger partial charge in [0.1, 0.15) is 29.1 Å². The van der Waals surface area contributed by atoms with Gasteiger partial charge < -0.3 is 35.3 Å². The fourth-order valence-electron chi connectivity index (χ4n) is 10.9. The van der Waals surface area contributed by atoms with E-state index in [2.05, 4.69) is 58.5 Å². The summed E-state index contributed by atoms with van der Waals surface area (Å²) < 4.78 is 54.7. The molecule has 478 valence electrons. The van der Waals surface area contributed by atoms with Gasteiger partial charge in [0.25, 0.3) is 10.0 Å². The maximum atomic E-state index is 14.5. The number of fused-ring (bicyclic) bond motifs is 1. The fraction of sp³-hybridized carbons (Fsp3) is 0.794. The second-order valence-electron chi connectivity index (χ2n) is 26.3. The molecule has 1 aromatic rings. The summed E-state index contributed by atoms with van der Waals surface area (Å²) in [6.07, 6.45) is 42.4. The van der Waals surface area contributed by atoms with Crippen LogP contribution in [0, 0.1) is 20.8 Å². The first kappa shape index (κ1) is 75.0. The quantitative estimate of drug-likeness (QED) is 0.0160. The smallest absolute Gasteiger partial charge is 0.408 e. The van der Waals surface area contributed by atoms with Gasteiger partial charge in [-0.1, -0.05) is 147 Å². The summed E-state index contributed by atoms with van der Waals surface area (Å²) in [5.41, 5.74) is 7.00. The normalized spacial score (nSPS) is 15.2. The molecule has 0 aromatic heterocycles. The van der Waals surface area contributed by atoms with Crippen molar-refractivity contribution in [3.8, 4) is 5.75 Å². The van der Waals surface area contributed by atoms with Crippen molar-refractivity contribution in [1.82, 2.24) is 15.4 Å². The maximum Gasteiger partial charge on any atom is 0.408 e. The Morgan fingerprint density at radius 2 is 1.10 bits per heavy atom. The molecule has 2 amide bonds. The average Bonchev–Trinajstić information content (AvgIpc) is 2.42. The first-order chi connectivity index (χ1) is 39.2. The molecule has 5 N–H and O–H groups in total. The molecule has 2 unspecified atom stereocenters. The molecule has 0 spiro atoms. The SMILES string of the molecule is CCCCCCCC/C=C\CCCCCCCCC(CCCCCCC/C=C\CCCCCCCC)OC(=O)[C@@H](NC(=O)[C@H](CCCN=C(N)NS(=O)(=O)c1c(C)c(C)c2c(c1C)CC(C)(C)O2)NC(=O)OC(C)(C)C)C(C)OC(C)(C)C. The molecule has 1 heterocycles. The third-order valence-electron chi connectivity index (χ3n) is 15.4. The predicted molar refractivity (Wildman–Crippen MR) is 344 cm³/mol. The van der Waals surface area contributed by atoms with Crippen molar-refractivity contribution in [1.29, 1.82) is 0 Å². The van der Waals surface area contributed by atoms with Crippen molar-refractivity contribution in [2.24, 2.45) is 10.7 Å². The number of unbranched alkanes of at least 4 members (excludes halogenated alkanes) is 23. The van der Waals surface area contributed by atoms with Crippen LogP contribution in [0.25, 0.3) is 0 Å². The van der Waals surface area contributed by atoms with E-state index >= 15 is 0 Å². The zero-order valence-electron chi connectivity index (χ0n) is 55.1. The van der Waals surface area contributed by atoms with Crippen LogP contribution in [0.15, 0.2) is 34.2 Å². The highest BCUT2D eigenvalue weighted by molar-refractivity contribution is 7.90. The van der Waals surface area contributed by atoms with Gasteiger partial charge in [0.05, 0.1) is 16.6 Å². The van der Waals surface area contributed by atoms with Gasteiger partial charge in [-0.25, -0.2) is 22.7 Å². The summed E-state index contributed by atoms with van der Waals surface area (Å²) in [6.45, 7) is 26.5. The molecule has 0 radical (unpaired) electrons. The van der Waals surface area contributed by atoms with Gasteiger partial charge in [-0.3, -0.25) is 9.79 Å². The third-order valence-corrected chi connectivity index (χ3v) is 17.0. The third kappa shape index (κ3) is 32.8. The number of sulfonamides is 1. The van der Waals surface area contributed by atoms with Gasteiger partial charge >= 0.3 is 12.1 Å². The summed E-state index contributed by atoms with van der Waals surface area (Å²) >= 11 is 0. The number of carbonyl (C=O) groups is 3. The summed E-state index contributed by atoms with van der Waals surface area (Å²) in [5, 5.41) is 5.62. The van der Waals surface area contributed by atoms with Crippen LogP contribution in [0.3, 0.4) is 0 Å². The molecule has 15 heteroatoms. The number of guanidine groups is 1. The minimum Gasteiger partial charge on any atom is -0.487 e. The zero-order chi connectivity index (χ0) is 61.9. The molecule has 1 aromatic carbocycles. The van der Waals surface area contributed by atoms with Crippen LogP contribution in [0.5, 0.6) is 5.75 Å². The Morgan fingerprint density at radius 3 is 1.55 bits per heavy atom. The number of amides is 2.